The van der Waals surface area contributed by atoms with Gasteiger partial charge in [-0.15, -0.1) is 0 Å². The molecule has 2 aromatic rings. The summed E-state index contributed by atoms with van der Waals surface area (Å²) in [7, 11) is 0. The molecule has 0 saturated carbocycles. The summed E-state index contributed by atoms with van der Waals surface area (Å²) in [6.07, 6.45) is 1.06. The Kier molecular flexibility index (Phi) is 5.21. The van der Waals surface area contributed by atoms with Crippen LogP contribution in [0, 0.1) is 20.8 Å². The lowest BCUT2D eigenvalue weighted by Crippen LogP contribution is -2.17. The number of halogens is 1. The maximum absolute atomic E-state index is 6.21. The minimum absolute atomic E-state index is 0.816. The number of aryl methyl sites for hydroxylation is 4. The molecule has 0 aliphatic carbocycles. The molecule has 0 bridgehead atoms. The molecule has 0 spiro atoms. The molecule has 0 aliphatic heterocycles. The van der Waals surface area contributed by atoms with E-state index in [2.05, 4.69) is 47.1 Å². The molecule has 0 aliphatic rings. The summed E-state index contributed by atoms with van der Waals surface area (Å²) >= 11 is 6.21. The quantitative estimate of drug-likeness (QED) is 0.824. The second-order valence-electron chi connectivity index (χ2n) is 5.28. The largest absolute Gasteiger partial charge is 0.313 e. The van der Waals surface area contributed by atoms with Crippen molar-refractivity contribution < 1.29 is 0 Å². The predicted octanol–water partition coefficient (Wildman–Crippen LogP) is 3.64. The monoisotopic (exact) mass is 291 g/mol. The first-order chi connectivity index (χ1) is 9.56. The SMILES string of the molecule is Cc1ccc(CNCCCn2nc(C)cc2C)c(Cl)c1. The minimum Gasteiger partial charge on any atom is -0.313 e. The Bertz CT molecular complexity index is 575. The van der Waals surface area contributed by atoms with Gasteiger partial charge in [-0.25, -0.2) is 0 Å². The smallest absolute Gasteiger partial charge is 0.0596 e. The summed E-state index contributed by atoms with van der Waals surface area (Å²) in [6.45, 7) is 8.91. The molecular formula is C16H22ClN3. The van der Waals surface area contributed by atoms with E-state index in [0.717, 1.165) is 42.3 Å². The molecule has 0 fully saturated rings. The van der Waals surface area contributed by atoms with Crippen molar-refractivity contribution in [2.45, 2.75) is 40.3 Å². The first-order valence-corrected chi connectivity index (χ1v) is 7.41. The van der Waals surface area contributed by atoms with Crippen molar-refractivity contribution in [1.29, 1.82) is 0 Å². The second-order valence-corrected chi connectivity index (χ2v) is 5.68. The van der Waals surface area contributed by atoms with Crippen molar-refractivity contribution >= 4 is 11.6 Å². The second kappa shape index (κ2) is 6.91. The van der Waals surface area contributed by atoms with Crippen LogP contribution in [0.1, 0.15) is 28.9 Å². The number of hydrogen-bond donors (Lipinski definition) is 1. The van der Waals surface area contributed by atoms with Crippen molar-refractivity contribution in [3.05, 3.63) is 51.8 Å². The molecule has 4 heteroatoms. The first kappa shape index (κ1) is 15.1. The van der Waals surface area contributed by atoms with E-state index in [9.17, 15) is 0 Å². The zero-order chi connectivity index (χ0) is 14.5. The lowest BCUT2D eigenvalue weighted by Gasteiger charge is -2.08. The van der Waals surface area contributed by atoms with Gasteiger partial charge in [-0.2, -0.15) is 5.10 Å². The van der Waals surface area contributed by atoms with Crippen molar-refractivity contribution in [2.75, 3.05) is 6.54 Å². The zero-order valence-corrected chi connectivity index (χ0v) is 13.2. The third kappa shape index (κ3) is 4.09. The molecule has 0 amide bonds. The molecule has 0 unspecified atom stereocenters. The summed E-state index contributed by atoms with van der Waals surface area (Å²) in [5.74, 6) is 0. The number of nitrogens with one attached hydrogen (secondary N) is 1. The first-order valence-electron chi connectivity index (χ1n) is 7.03. The minimum atomic E-state index is 0.816. The Morgan fingerprint density at radius 1 is 1.20 bits per heavy atom. The van der Waals surface area contributed by atoms with E-state index < -0.39 is 0 Å². The van der Waals surface area contributed by atoms with Gasteiger partial charge in [-0.3, -0.25) is 4.68 Å². The molecule has 20 heavy (non-hydrogen) atoms. The summed E-state index contributed by atoms with van der Waals surface area (Å²) in [5.41, 5.74) is 4.66. The number of benzene rings is 1. The molecule has 1 N–H and O–H groups in total. The van der Waals surface area contributed by atoms with Gasteiger partial charge in [0.2, 0.25) is 0 Å². The van der Waals surface area contributed by atoms with Crippen LogP contribution >= 0.6 is 11.6 Å². The van der Waals surface area contributed by atoms with Crippen LogP contribution in [0.4, 0.5) is 0 Å². The van der Waals surface area contributed by atoms with Gasteiger partial charge in [0.1, 0.15) is 0 Å². The number of nitrogens with zero attached hydrogens (tertiary/aromatic N) is 2. The number of hydrogen-bond acceptors (Lipinski definition) is 2. The van der Waals surface area contributed by atoms with E-state index in [1.165, 1.54) is 11.3 Å². The van der Waals surface area contributed by atoms with Crippen LogP contribution in [0.25, 0.3) is 0 Å². The van der Waals surface area contributed by atoms with Crippen LogP contribution in [-0.2, 0) is 13.1 Å². The fraction of sp³-hybridized carbons (Fsp3) is 0.438. The van der Waals surface area contributed by atoms with Gasteiger partial charge in [-0.1, -0.05) is 23.7 Å². The maximum Gasteiger partial charge on any atom is 0.0596 e. The average molecular weight is 292 g/mol. The number of aromatic nitrogens is 2. The fourth-order valence-electron chi connectivity index (χ4n) is 2.27. The Balaban J connectivity index is 1.73. The molecule has 0 saturated heterocycles. The van der Waals surface area contributed by atoms with Gasteiger partial charge >= 0.3 is 0 Å². The third-order valence-corrected chi connectivity index (χ3v) is 3.70. The van der Waals surface area contributed by atoms with E-state index >= 15 is 0 Å². The van der Waals surface area contributed by atoms with Crippen molar-refractivity contribution in [3.8, 4) is 0 Å². The highest BCUT2D eigenvalue weighted by molar-refractivity contribution is 6.31. The molecule has 2 rings (SSSR count). The highest BCUT2D eigenvalue weighted by Gasteiger charge is 2.01. The summed E-state index contributed by atoms with van der Waals surface area (Å²) in [6, 6.07) is 8.30. The van der Waals surface area contributed by atoms with Crippen molar-refractivity contribution in [2.24, 2.45) is 0 Å². The number of rotatable bonds is 6. The molecule has 108 valence electrons. The van der Waals surface area contributed by atoms with Gasteiger partial charge in [0, 0.05) is 23.8 Å². The molecule has 1 aromatic carbocycles. The highest BCUT2D eigenvalue weighted by atomic mass is 35.5. The Morgan fingerprint density at radius 3 is 2.65 bits per heavy atom. The molecular weight excluding hydrogens is 270 g/mol. The highest BCUT2D eigenvalue weighted by Crippen LogP contribution is 2.17. The van der Waals surface area contributed by atoms with E-state index in [1.807, 2.05) is 13.0 Å². The van der Waals surface area contributed by atoms with Crippen molar-refractivity contribution in [1.82, 2.24) is 15.1 Å². The maximum atomic E-state index is 6.21. The van der Waals surface area contributed by atoms with Gasteiger partial charge in [0.15, 0.2) is 0 Å². The van der Waals surface area contributed by atoms with Crippen LogP contribution in [0.5, 0.6) is 0 Å². The molecule has 3 nitrogen and oxygen atoms in total. The van der Waals surface area contributed by atoms with E-state index in [0.29, 0.717) is 0 Å². The van der Waals surface area contributed by atoms with E-state index in [-0.39, 0.29) is 0 Å². The van der Waals surface area contributed by atoms with Crippen LogP contribution in [0.15, 0.2) is 24.3 Å². The third-order valence-electron chi connectivity index (χ3n) is 3.35. The lowest BCUT2D eigenvalue weighted by molar-refractivity contribution is 0.532. The van der Waals surface area contributed by atoms with Gasteiger partial charge < -0.3 is 5.32 Å². The molecule has 1 aromatic heterocycles. The van der Waals surface area contributed by atoms with Crippen LogP contribution < -0.4 is 5.32 Å². The Morgan fingerprint density at radius 2 is 2.00 bits per heavy atom. The fourth-order valence-corrected chi connectivity index (χ4v) is 2.58. The normalized spacial score (nSPS) is 11.0. The Labute approximate surface area is 126 Å². The summed E-state index contributed by atoms with van der Waals surface area (Å²) in [5, 5.41) is 8.73. The van der Waals surface area contributed by atoms with Crippen molar-refractivity contribution in [3.63, 3.8) is 0 Å². The lowest BCUT2D eigenvalue weighted by atomic mass is 10.1. The zero-order valence-electron chi connectivity index (χ0n) is 12.4. The van der Waals surface area contributed by atoms with Gasteiger partial charge in [0.25, 0.3) is 0 Å². The predicted molar refractivity (Wildman–Crippen MR) is 84.2 cm³/mol. The summed E-state index contributed by atoms with van der Waals surface area (Å²) < 4.78 is 2.07. The van der Waals surface area contributed by atoms with E-state index in [4.69, 9.17) is 11.6 Å². The molecule has 0 atom stereocenters. The topological polar surface area (TPSA) is 29.9 Å². The average Bonchev–Trinajstić information content (AvgIpc) is 2.70. The Hall–Kier alpha value is -1.32. The van der Waals surface area contributed by atoms with Gasteiger partial charge in [0.05, 0.1) is 5.69 Å². The molecule has 1 heterocycles. The standard InChI is InChI=1S/C16H22ClN3/c1-12-5-6-15(16(17)9-12)11-18-7-4-8-20-14(3)10-13(2)19-20/h5-6,9-10,18H,4,7-8,11H2,1-3H3. The van der Waals surface area contributed by atoms with Crippen LogP contribution in [0.2, 0.25) is 5.02 Å². The van der Waals surface area contributed by atoms with Crippen LogP contribution in [-0.4, -0.2) is 16.3 Å². The molecule has 0 radical (unpaired) electrons. The summed E-state index contributed by atoms with van der Waals surface area (Å²) in [4.78, 5) is 0. The van der Waals surface area contributed by atoms with E-state index in [1.54, 1.807) is 0 Å². The van der Waals surface area contributed by atoms with Crippen LogP contribution in [0.3, 0.4) is 0 Å². The van der Waals surface area contributed by atoms with Gasteiger partial charge in [-0.05, 0) is 57.0 Å².